The van der Waals surface area contributed by atoms with E-state index in [0.717, 1.165) is 23.8 Å². The summed E-state index contributed by atoms with van der Waals surface area (Å²) in [5.74, 6) is 1.73. The minimum absolute atomic E-state index is 0.0382. The molecule has 2 heteroatoms. The molecule has 1 atom stereocenters. The van der Waals surface area contributed by atoms with Crippen molar-refractivity contribution < 1.29 is 4.74 Å². The molecule has 2 rings (SSSR count). The second kappa shape index (κ2) is 4.88. The highest BCUT2D eigenvalue weighted by Crippen LogP contribution is 2.29. The fourth-order valence-corrected chi connectivity index (χ4v) is 2.02. The van der Waals surface area contributed by atoms with Gasteiger partial charge in [0.05, 0.1) is 6.61 Å². The molecule has 1 aromatic rings. The van der Waals surface area contributed by atoms with Crippen LogP contribution in [0, 0.1) is 12.8 Å². The summed E-state index contributed by atoms with van der Waals surface area (Å²) in [6.07, 6.45) is 4.00. The van der Waals surface area contributed by atoms with Crippen molar-refractivity contribution >= 4 is 0 Å². The van der Waals surface area contributed by atoms with Crippen molar-refractivity contribution in [2.24, 2.45) is 11.7 Å². The summed E-state index contributed by atoms with van der Waals surface area (Å²) in [7, 11) is 0. The number of hydrogen-bond acceptors (Lipinski definition) is 2. The maximum atomic E-state index is 5.96. The van der Waals surface area contributed by atoms with E-state index in [0.29, 0.717) is 0 Å². The fourth-order valence-electron chi connectivity index (χ4n) is 2.02. The molecule has 0 unspecified atom stereocenters. The van der Waals surface area contributed by atoms with Gasteiger partial charge in [0.2, 0.25) is 0 Å². The maximum Gasteiger partial charge on any atom is 0.124 e. The van der Waals surface area contributed by atoms with E-state index in [1.54, 1.807) is 0 Å². The summed E-state index contributed by atoms with van der Waals surface area (Å²) in [5.41, 5.74) is 8.32. The van der Waals surface area contributed by atoms with Crippen LogP contribution in [0.1, 0.15) is 43.4 Å². The van der Waals surface area contributed by atoms with Crippen LogP contribution < -0.4 is 10.5 Å². The largest absolute Gasteiger partial charge is 0.493 e. The van der Waals surface area contributed by atoms with Crippen molar-refractivity contribution in [2.75, 3.05) is 6.61 Å². The van der Waals surface area contributed by atoms with E-state index in [9.17, 15) is 0 Å². The summed E-state index contributed by atoms with van der Waals surface area (Å²) >= 11 is 0. The van der Waals surface area contributed by atoms with Crippen LogP contribution in [0.2, 0.25) is 0 Å². The first-order valence-electron chi connectivity index (χ1n) is 6.15. The Kier molecular flexibility index (Phi) is 3.49. The van der Waals surface area contributed by atoms with Gasteiger partial charge in [-0.2, -0.15) is 0 Å². The first-order valence-corrected chi connectivity index (χ1v) is 6.15. The van der Waals surface area contributed by atoms with Gasteiger partial charge >= 0.3 is 0 Å². The Bertz CT molecular complexity index is 356. The molecule has 0 spiro atoms. The summed E-state index contributed by atoms with van der Waals surface area (Å²) in [6.45, 7) is 4.94. The monoisotopic (exact) mass is 219 g/mol. The Morgan fingerprint density at radius 1 is 1.44 bits per heavy atom. The predicted molar refractivity (Wildman–Crippen MR) is 66.6 cm³/mol. The zero-order valence-corrected chi connectivity index (χ0v) is 10.2. The lowest BCUT2D eigenvalue weighted by Crippen LogP contribution is -2.20. The van der Waals surface area contributed by atoms with Crippen molar-refractivity contribution in [2.45, 2.75) is 39.2 Å². The zero-order chi connectivity index (χ0) is 11.5. The quantitative estimate of drug-likeness (QED) is 0.844. The third-order valence-electron chi connectivity index (χ3n) is 3.36. The minimum Gasteiger partial charge on any atom is -0.493 e. The van der Waals surface area contributed by atoms with Gasteiger partial charge in [0.1, 0.15) is 5.75 Å². The van der Waals surface area contributed by atoms with Crippen molar-refractivity contribution in [3.63, 3.8) is 0 Å². The standard InChI is InChI=1S/C14H21NO/c1-10-6-7-14(13(8-10)11(2)15)16-9-12-4-3-5-12/h6-8,11-12H,3-5,9,15H2,1-2H3/t11-/m1/s1. The average Bonchev–Trinajstić information content (AvgIpc) is 2.17. The Hall–Kier alpha value is -1.02. The Morgan fingerprint density at radius 3 is 2.75 bits per heavy atom. The molecule has 0 radical (unpaired) electrons. The van der Waals surface area contributed by atoms with Crippen LogP contribution in [0.5, 0.6) is 5.75 Å². The molecule has 88 valence electrons. The van der Waals surface area contributed by atoms with E-state index in [4.69, 9.17) is 10.5 Å². The Balaban J connectivity index is 2.05. The van der Waals surface area contributed by atoms with Gasteiger partial charge in [-0.3, -0.25) is 0 Å². The first kappa shape index (κ1) is 11.5. The van der Waals surface area contributed by atoms with Gasteiger partial charge in [-0.15, -0.1) is 0 Å². The third-order valence-corrected chi connectivity index (χ3v) is 3.36. The average molecular weight is 219 g/mol. The third kappa shape index (κ3) is 2.56. The molecule has 2 N–H and O–H groups in total. The van der Waals surface area contributed by atoms with Gasteiger partial charge in [-0.1, -0.05) is 24.1 Å². The highest BCUT2D eigenvalue weighted by molar-refractivity contribution is 5.38. The van der Waals surface area contributed by atoms with E-state index in [1.807, 2.05) is 13.0 Å². The molecule has 0 heterocycles. The van der Waals surface area contributed by atoms with Gasteiger partial charge < -0.3 is 10.5 Å². The molecule has 1 saturated carbocycles. The summed E-state index contributed by atoms with van der Waals surface area (Å²) in [5, 5.41) is 0. The predicted octanol–water partition coefficient (Wildman–Crippen LogP) is 3.19. The van der Waals surface area contributed by atoms with Crippen LogP contribution in [-0.2, 0) is 0 Å². The van der Waals surface area contributed by atoms with E-state index in [1.165, 1.54) is 24.8 Å². The molecule has 16 heavy (non-hydrogen) atoms. The van der Waals surface area contributed by atoms with Crippen molar-refractivity contribution in [3.8, 4) is 5.75 Å². The lowest BCUT2D eigenvalue weighted by molar-refractivity contribution is 0.179. The van der Waals surface area contributed by atoms with Crippen molar-refractivity contribution in [1.29, 1.82) is 0 Å². The van der Waals surface area contributed by atoms with Crippen LogP contribution in [0.25, 0.3) is 0 Å². The molecule has 0 bridgehead atoms. The molecule has 0 amide bonds. The molecular weight excluding hydrogens is 198 g/mol. The summed E-state index contributed by atoms with van der Waals surface area (Å²) < 4.78 is 5.88. The molecule has 1 fully saturated rings. The maximum absolute atomic E-state index is 5.96. The molecule has 1 aliphatic carbocycles. The van der Waals surface area contributed by atoms with E-state index >= 15 is 0 Å². The van der Waals surface area contributed by atoms with Crippen molar-refractivity contribution in [3.05, 3.63) is 29.3 Å². The smallest absolute Gasteiger partial charge is 0.124 e. The number of aryl methyl sites for hydroxylation is 1. The van der Waals surface area contributed by atoms with Crippen LogP contribution in [0.3, 0.4) is 0 Å². The van der Waals surface area contributed by atoms with Gasteiger partial charge in [0, 0.05) is 11.6 Å². The van der Waals surface area contributed by atoms with E-state index in [2.05, 4.69) is 19.1 Å². The molecule has 2 nitrogen and oxygen atoms in total. The molecular formula is C14H21NO. The van der Waals surface area contributed by atoms with Crippen LogP contribution in [-0.4, -0.2) is 6.61 Å². The highest BCUT2D eigenvalue weighted by Gasteiger charge is 2.18. The fraction of sp³-hybridized carbons (Fsp3) is 0.571. The number of benzene rings is 1. The molecule has 0 aliphatic heterocycles. The van der Waals surface area contributed by atoms with E-state index < -0.39 is 0 Å². The lowest BCUT2D eigenvalue weighted by Gasteiger charge is -2.26. The Morgan fingerprint density at radius 2 is 2.19 bits per heavy atom. The second-order valence-corrected chi connectivity index (χ2v) is 4.94. The minimum atomic E-state index is 0.0382. The van der Waals surface area contributed by atoms with Crippen LogP contribution >= 0.6 is 0 Å². The number of hydrogen-bond donors (Lipinski definition) is 1. The number of nitrogens with two attached hydrogens (primary N) is 1. The van der Waals surface area contributed by atoms with Crippen LogP contribution in [0.15, 0.2) is 18.2 Å². The zero-order valence-electron chi connectivity index (χ0n) is 10.2. The normalized spacial score (nSPS) is 17.9. The summed E-state index contributed by atoms with van der Waals surface area (Å²) in [4.78, 5) is 0. The first-order chi connectivity index (χ1) is 7.66. The number of rotatable bonds is 4. The van der Waals surface area contributed by atoms with Gasteiger partial charge in [-0.05, 0) is 38.7 Å². The molecule has 0 saturated heterocycles. The van der Waals surface area contributed by atoms with Gasteiger partial charge in [0.15, 0.2) is 0 Å². The SMILES string of the molecule is Cc1ccc(OCC2CCC2)c([C@@H](C)N)c1. The van der Waals surface area contributed by atoms with Crippen molar-refractivity contribution in [1.82, 2.24) is 0 Å². The van der Waals surface area contributed by atoms with E-state index in [-0.39, 0.29) is 6.04 Å². The molecule has 1 aromatic carbocycles. The summed E-state index contributed by atoms with van der Waals surface area (Å²) in [6, 6.07) is 6.30. The number of ether oxygens (including phenoxy) is 1. The molecule has 1 aliphatic rings. The molecule has 0 aromatic heterocycles. The topological polar surface area (TPSA) is 35.2 Å². The van der Waals surface area contributed by atoms with Crippen LogP contribution in [0.4, 0.5) is 0 Å². The van der Waals surface area contributed by atoms with Gasteiger partial charge in [-0.25, -0.2) is 0 Å². The second-order valence-electron chi connectivity index (χ2n) is 4.94. The van der Waals surface area contributed by atoms with Gasteiger partial charge in [0.25, 0.3) is 0 Å². The lowest BCUT2D eigenvalue weighted by atomic mass is 9.86. The Labute approximate surface area is 97.8 Å². The highest BCUT2D eigenvalue weighted by atomic mass is 16.5.